The number of fused-ring (bicyclic) bond motifs is 3. The predicted molar refractivity (Wildman–Crippen MR) is 77.4 cm³/mol. The van der Waals surface area contributed by atoms with Crippen molar-refractivity contribution in [3.05, 3.63) is 36.2 Å². The van der Waals surface area contributed by atoms with E-state index in [1.807, 2.05) is 24.3 Å². The van der Waals surface area contributed by atoms with Crippen molar-refractivity contribution in [3.8, 4) is 17.0 Å². The molecule has 3 rings (SSSR count). The zero-order valence-electron chi connectivity index (χ0n) is 11.5. The van der Waals surface area contributed by atoms with E-state index in [0.29, 0.717) is 18.8 Å². The van der Waals surface area contributed by atoms with Crippen LogP contribution in [0.5, 0.6) is 5.75 Å². The van der Waals surface area contributed by atoms with Crippen LogP contribution in [0, 0.1) is 0 Å². The first-order chi connectivity index (χ1) is 10.2. The van der Waals surface area contributed by atoms with E-state index >= 15 is 0 Å². The lowest BCUT2D eigenvalue weighted by molar-refractivity contribution is -0.137. The summed E-state index contributed by atoms with van der Waals surface area (Å²) in [6, 6.07) is 6.96. The van der Waals surface area contributed by atoms with Crippen molar-refractivity contribution in [1.82, 2.24) is 9.97 Å². The van der Waals surface area contributed by atoms with Crippen molar-refractivity contribution in [1.29, 1.82) is 0 Å². The number of nitrogens with one attached hydrogen (secondary N) is 1. The summed E-state index contributed by atoms with van der Waals surface area (Å²) in [4.78, 5) is 19.6. The van der Waals surface area contributed by atoms with Gasteiger partial charge in [0.2, 0.25) is 0 Å². The van der Waals surface area contributed by atoms with Gasteiger partial charge in [0, 0.05) is 17.5 Å². The van der Waals surface area contributed by atoms with Crippen molar-refractivity contribution < 1.29 is 14.6 Å². The van der Waals surface area contributed by atoms with Crippen molar-refractivity contribution in [3.63, 3.8) is 0 Å². The number of carbonyl (C=O) groups is 1. The fraction of sp³-hybridized carbons (Fsp3) is 0.267. The summed E-state index contributed by atoms with van der Waals surface area (Å²) < 4.78 is 5.73. The molecule has 2 N–H and O–H groups in total. The van der Waals surface area contributed by atoms with Crippen molar-refractivity contribution >= 4 is 11.8 Å². The highest BCUT2D eigenvalue weighted by molar-refractivity contribution is 5.79. The lowest BCUT2D eigenvalue weighted by atomic mass is 10.0. The second kappa shape index (κ2) is 5.40. The topological polar surface area (TPSA) is 84.3 Å². The van der Waals surface area contributed by atoms with Crippen LogP contribution in [-0.4, -0.2) is 33.7 Å². The Balaban J connectivity index is 2.07. The van der Waals surface area contributed by atoms with E-state index in [-0.39, 0.29) is 0 Å². The lowest BCUT2D eigenvalue weighted by Gasteiger charge is -2.14. The Morgan fingerprint density at radius 3 is 3.00 bits per heavy atom. The summed E-state index contributed by atoms with van der Waals surface area (Å²) in [6.45, 7) is 2.09. The fourth-order valence-electron chi connectivity index (χ4n) is 2.32. The number of benzene rings is 1. The van der Waals surface area contributed by atoms with Gasteiger partial charge in [-0.3, -0.25) is 4.79 Å². The zero-order chi connectivity index (χ0) is 14.8. The third kappa shape index (κ3) is 2.52. The highest BCUT2D eigenvalue weighted by atomic mass is 16.5. The molecule has 0 amide bonds. The van der Waals surface area contributed by atoms with Gasteiger partial charge in [-0.25, -0.2) is 9.97 Å². The average molecular weight is 285 g/mol. The van der Waals surface area contributed by atoms with Crippen molar-refractivity contribution in [2.45, 2.75) is 19.4 Å². The second-order valence-electron chi connectivity index (χ2n) is 4.85. The molecule has 108 valence electrons. The molecular formula is C15H15N3O3. The van der Waals surface area contributed by atoms with Crippen LogP contribution in [0.15, 0.2) is 30.6 Å². The van der Waals surface area contributed by atoms with Crippen LogP contribution >= 0.6 is 0 Å². The van der Waals surface area contributed by atoms with Crippen LogP contribution in [0.25, 0.3) is 11.3 Å². The number of nitrogens with zero attached hydrogens (tertiary/aromatic N) is 2. The smallest absolute Gasteiger partial charge is 0.325 e. The molecule has 0 radical (unpaired) electrons. The van der Waals surface area contributed by atoms with Crippen LogP contribution in [0.3, 0.4) is 0 Å². The average Bonchev–Trinajstić information content (AvgIpc) is 2.67. The van der Waals surface area contributed by atoms with Crippen LogP contribution < -0.4 is 10.1 Å². The summed E-state index contributed by atoms with van der Waals surface area (Å²) in [5, 5.41) is 12.0. The molecule has 1 atom stereocenters. The quantitative estimate of drug-likeness (QED) is 0.897. The van der Waals surface area contributed by atoms with Gasteiger partial charge >= 0.3 is 5.97 Å². The van der Waals surface area contributed by atoms with E-state index in [2.05, 4.69) is 15.3 Å². The van der Waals surface area contributed by atoms with E-state index < -0.39 is 12.0 Å². The minimum atomic E-state index is -0.923. The van der Waals surface area contributed by atoms with Gasteiger partial charge in [-0.15, -0.1) is 0 Å². The normalized spacial score (nSPS) is 14.1. The number of anilines is 1. The van der Waals surface area contributed by atoms with Crippen molar-refractivity contribution in [2.75, 3.05) is 11.9 Å². The maximum atomic E-state index is 11.0. The molecule has 21 heavy (non-hydrogen) atoms. The largest absolute Gasteiger partial charge is 0.493 e. The van der Waals surface area contributed by atoms with Gasteiger partial charge in [0.25, 0.3) is 0 Å². The molecule has 1 aromatic carbocycles. The van der Waals surface area contributed by atoms with Crippen molar-refractivity contribution in [2.24, 2.45) is 0 Å². The van der Waals surface area contributed by atoms with E-state index in [0.717, 1.165) is 22.6 Å². The van der Waals surface area contributed by atoms with Crippen LogP contribution in [0.1, 0.15) is 12.5 Å². The number of aromatic nitrogens is 2. The molecule has 1 aliphatic rings. The minimum Gasteiger partial charge on any atom is -0.493 e. The van der Waals surface area contributed by atoms with Gasteiger partial charge in [-0.2, -0.15) is 0 Å². The Kier molecular flexibility index (Phi) is 3.43. The number of hydrogen-bond acceptors (Lipinski definition) is 5. The third-order valence-corrected chi connectivity index (χ3v) is 3.42. The first-order valence-electron chi connectivity index (χ1n) is 6.72. The first kappa shape index (κ1) is 13.4. The van der Waals surface area contributed by atoms with E-state index in [4.69, 9.17) is 9.84 Å². The number of para-hydroxylation sites is 1. The molecule has 6 nitrogen and oxygen atoms in total. The SMILES string of the molecule is C[C@H](Nc1ncnc2c1CCOc1ccccc1-2)C(=O)O. The number of aliphatic carboxylic acids is 1. The molecule has 1 aromatic heterocycles. The number of carboxylic acids is 1. The summed E-state index contributed by atoms with van der Waals surface area (Å²) >= 11 is 0. The molecule has 0 saturated heterocycles. The van der Waals surface area contributed by atoms with Gasteiger partial charge in [-0.1, -0.05) is 12.1 Å². The number of carboxylic acid groups (broad SMARTS) is 1. The molecule has 0 aliphatic carbocycles. The summed E-state index contributed by atoms with van der Waals surface area (Å²) in [7, 11) is 0. The molecule has 2 heterocycles. The van der Waals surface area contributed by atoms with E-state index in [1.165, 1.54) is 6.33 Å². The van der Waals surface area contributed by atoms with Gasteiger partial charge < -0.3 is 15.2 Å². The molecule has 0 unspecified atom stereocenters. The van der Waals surface area contributed by atoms with Gasteiger partial charge in [0.15, 0.2) is 0 Å². The standard InChI is InChI=1S/C15H15N3O3/c1-9(15(19)20)18-14-11-6-7-21-12-5-3-2-4-10(12)13(11)16-8-17-14/h2-5,8-9H,6-7H2,1H3,(H,19,20)(H,16,17,18)/t9-/m0/s1. The summed E-state index contributed by atoms with van der Waals surface area (Å²) in [6.07, 6.45) is 2.07. The van der Waals surface area contributed by atoms with Crippen LogP contribution in [0.4, 0.5) is 5.82 Å². The Morgan fingerprint density at radius 1 is 1.38 bits per heavy atom. The van der Waals surface area contributed by atoms with Crippen LogP contribution in [-0.2, 0) is 11.2 Å². The Bertz CT molecular complexity index is 688. The number of rotatable bonds is 3. The molecule has 1 aliphatic heterocycles. The molecule has 0 fully saturated rings. The summed E-state index contributed by atoms with van der Waals surface area (Å²) in [5.41, 5.74) is 2.58. The maximum Gasteiger partial charge on any atom is 0.325 e. The van der Waals surface area contributed by atoms with E-state index in [9.17, 15) is 4.79 Å². The fourth-order valence-corrected chi connectivity index (χ4v) is 2.32. The molecular weight excluding hydrogens is 270 g/mol. The van der Waals surface area contributed by atoms with Gasteiger partial charge in [0.1, 0.15) is 23.9 Å². The minimum absolute atomic E-state index is 0.507. The predicted octanol–water partition coefficient (Wildman–Crippen LogP) is 1.96. The Labute approximate surface area is 121 Å². The zero-order valence-corrected chi connectivity index (χ0v) is 11.5. The molecule has 6 heteroatoms. The monoisotopic (exact) mass is 285 g/mol. The number of hydrogen-bond donors (Lipinski definition) is 2. The van der Waals surface area contributed by atoms with E-state index in [1.54, 1.807) is 6.92 Å². The van der Waals surface area contributed by atoms with Gasteiger partial charge in [0.05, 0.1) is 12.3 Å². The second-order valence-corrected chi connectivity index (χ2v) is 4.85. The molecule has 2 aromatic rings. The number of ether oxygens (including phenoxy) is 1. The lowest BCUT2D eigenvalue weighted by Crippen LogP contribution is -2.26. The maximum absolute atomic E-state index is 11.0. The highest BCUT2D eigenvalue weighted by Gasteiger charge is 2.21. The highest BCUT2D eigenvalue weighted by Crippen LogP contribution is 2.35. The van der Waals surface area contributed by atoms with Gasteiger partial charge in [-0.05, 0) is 19.1 Å². The Morgan fingerprint density at radius 2 is 2.19 bits per heavy atom. The third-order valence-electron chi connectivity index (χ3n) is 3.42. The molecule has 0 bridgehead atoms. The van der Waals surface area contributed by atoms with Crippen LogP contribution in [0.2, 0.25) is 0 Å². The molecule has 0 spiro atoms. The molecule has 0 saturated carbocycles. The first-order valence-corrected chi connectivity index (χ1v) is 6.72. The summed E-state index contributed by atoms with van der Waals surface area (Å²) in [5.74, 6) is 0.412. The Hall–Kier alpha value is -2.63.